The number of carbonyl (C=O) groups is 2. The second-order valence-corrected chi connectivity index (χ2v) is 8.18. The Morgan fingerprint density at radius 2 is 1.76 bits per heavy atom. The van der Waals surface area contributed by atoms with E-state index >= 15 is 0 Å². The van der Waals surface area contributed by atoms with Gasteiger partial charge in [0.05, 0.1) is 18.6 Å². The van der Waals surface area contributed by atoms with Crippen LogP contribution in [-0.4, -0.2) is 27.4 Å². The van der Waals surface area contributed by atoms with Crippen LogP contribution in [-0.2, 0) is 26.9 Å². The van der Waals surface area contributed by atoms with Crippen molar-refractivity contribution in [2.75, 3.05) is 7.11 Å². The minimum absolute atomic E-state index is 0.0228. The number of ether oxygens (including phenoxy) is 1. The molecule has 0 aliphatic rings. The largest absolute Gasteiger partial charge is 0.465 e. The number of nitrogens with one attached hydrogen (secondary N) is 1. The molecular weight excluding hydrogens is 398 g/mol. The highest BCUT2D eigenvalue weighted by Gasteiger charge is 2.20. The maximum absolute atomic E-state index is 12.4. The topological polar surface area (TPSA) is 116 Å². The van der Waals surface area contributed by atoms with Crippen molar-refractivity contribution >= 4 is 21.7 Å². The second kappa shape index (κ2) is 8.36. The van der Waals surface area contributed by atoms with E-state index in [-0.39, 0.29) is 34.3 Å². The number of amides is 1. The Bertz CT molecular complexity index is 1130. The maximum atomic E-state index is 12.4. The van der Waals surface area contributed by atoms with Gasteiger partial charge in [0.25, 0.3) is 5.91 Å². The fourth-order valence-electron chi connectivity index (χ4n) is 2.67. The average molecular weight is 417 g/mol. The highest BCUT2D eigenvalue weighted by Crippen LogP contribution is 2.19. The number of rotatable bonds is 7. The number of aryl methyl sites for hydroxylation is 1. The summed E-state index contributed by atoms with van der Waals surface area (Å²) in [5.41, 5.74) is 0.281. The van der Waals surface area contributed by atoms with Crippen molar-refractivity contribution in [2.45, 2.75) is 24.1 Å². The van der Waals surface area contributed by atoms with Gasteiger partial charge in [-0.15, -0.1) is 0 Å². The summed E-state index contributed by atoms with van der Waals surface area (Å²) < 4.78 is 40.2. The molecule has 0 fully saturated rings. The smallest absolute Gasteiger partial charge is 0.341 e. The standard InChI is InChI=1S/C20H19NO7S/c1-13-17(20(23)26-2)10-15(27-13)11-21-19(22)18-9-8-14(28-18)12-29(24,25)16-6-4-3-5-7-16/h3-10H,11-12H2,1-2H3,(H,21,22). The molecule has 29 heavy (non-hydrogen) atoms. The summed E-state index contributed by atoms with van der Waals surface area (Å²) in [7, 11) is -2.31. The molecule has 3 aromatic rings. The van der Waals surface area contributed by atoms with Crippen LogP contribution in [0.25, 0.3) is 0 Å². The van der Waals surface area contributed by atoms with Gasteiger partial charge in [-0.25, -0.2) is 13.2 Å². The predicted molar refractivity (Wildman–Crippen MR) is 102 cm³/mol. The summed E-state index contributed by atoms with van der Waals surface area (Å²) >= 11 is 0. The van der Waals surface area contributed by atoms with Gasteiger partial charge in [0, 0.05) is 0 Å². The molecule has 0 unspecified atom stereocenters. The van der Waals surface area contributed by atoms with Gasteiger partial charge in [-0.1, -0.05) is 18.2 Å². The SMILES string of the molecule is COC(=O)c1cc(CNC(=O)c2ccc(CS(=O)(=O)c3ccccc3)o2)oc1C. The van der Waals surface area contributed by atoms with E-state index < -0.39 is 21.7 Å². The minimum atomic E-state index is -3.58. The Balaban J connectivity index is 1.63. The zero-order chi connectivity index (χ0) is 21.0. The molecule has 8 nitrogen and oxygen atoms in total. The van der Waals surface area contributed by atoms with Crippen molar-refractivity contribution in [3.05, 3.63) is 77.1 Å². The lowest BCUT2D eigenvalue weighted by Gasteiger charge is -2.02. The third-order valence-electron chi connectivity index (χ3n) is 4.12. The van der Waals surface area contributed by atoms with Crippen molar-refractivity contribution in [3.63, 3.8) is 0 Å². The molecule has 0 saturated heterocycles. The molecule has 0 saturated carbocycles. The Kier molecular flexibility index (Phi) is 5.88. The summed E-state index contributed by atoms with van der Waals surface area (Å²) in [5, 5.41) is 2.59. The first-order valence-electron chi connectivity index (χ1n) is 8.62. The van der Waals surface area contributed by atoms with Crippen molar-refractivity contribution in [3.8, 4) is 0 Å². The van der Waals surface area contributed by atoms with Crippen molar-refractivity contribution in [1.29, 1.82) is 0 Å². The van der Waals surface area contributed by atoms with Crippen LogP contribution in [0.15, 0.2) is 62.3 Å². The van der Waals surface area contributed by atoms with Crippen LogP contribution in [0.1, 0.15) is 38.2 Å². The Hall–Kier alpha value is -3.33. The summed E-state index contributed by atoms with van der Waals surface area (Å²) in [5.74, 6) is -0.548. The molecule has 0 bridgehead atoms. The Morgan fingerprint density at radius 1 is 1.03 bits per heavy atom. The Morgan fingerprint density at radius 3 is 2.45 bits per heavy atom. The summed E-state index contributed by atoms with van der Waals surface area (Å²) in [6.45, 7) is 1.64. The van der Waals surface area contributed by atoms with Gasteiger partial charge >= 0.3 is 5.97 Å². The van der Waals surface area contributed by atoms with Crippen LogP contribution in [0.4, 0.5) is 0 Å². The van der Waals surface area contributed by atoms with Crippen molar-refractivity contribution in [2.24, 2.45) is 0 Å². The molecule has 3 rings (SSSR count). The molecule has 1 amide bonds. The van der Waals surface area contributed by atoms with Gasteiger partial charge in [-0.3, -0.25) is 4.79 Å². The van der Waals surface area contributed by atoms with E-state index in [2.05, 4.69) is 10.1 Å². The molecule has 0 aliphatic heterocycles. The van der Waals surface area contributed by atoms with E-state index in [0.717, 1.165) is 0 Å². The van der Waals surface area contributed by atoms with Crippen LogP contribution < -0.4 is 5.32 Å². The van der Waals surface area contributed by atoms with E-state index in [9.17, 15) is 18.0 Å². The maximum Gasteiger partial charge on any atom is 0.341 e. The molecule has 0 aliphatic carbocycles. The lowest BCUT2D eigenvalue weighted by molar-refractivity contribution is 0.0598. The highest BCUT2D eigenvalue weighted by atomic mass is 32.2. The molecule has 0 radical (unpaired) electrons. The molecule has 1 aromatic carbocycles. The first-order valence-corrected chi connectivity index (χ1v) is 10.3. The lowest BCUT2D eigenvalue weighted by atomic mass is 10.2. The number of esters is 1. The predicted octanol–water partition coefficient (Wildman–Crippen LogP) is 2.87. The Labute approximate surface area is 167 Å². The van der Waals surface area contributed by atoms with Crippen LogP contribution in [0.5, 0.6) is 0 Å². The van der Waals surface area contributed by atoms with Gasteiger partial charge in [0.15, 0.2) is 15.6 Å². The fourth-order valence-corrected chi connectivity index (χ4v) is 3.94. The minimum Gasteiger partial charge on any atom is -0.465 e. The normalized spacial score (nSPS) is 11.2. The first-order chi connectivity index (χ1) is 13.8. The molecule has 9 heteroatoms. The number of furan rings is 2. The first kappa shape index (κ1) is 20.4. The van der Waals surface area contributed by atoms with Crippen molar-refractivity contribution < 1.29 is 31.6 Å². The molecular formula is C20H19NO7S. The van der Waals surface area contributed by atoms with Gasteiger partial charge in [0.1, 0.15) is 28.6 Å². The zero-order valence-corrected chi connectivity index (χ0v) is 16.6. The van der Waals surface area contributed by atoms with E-state index in [1.165, 1.54) is 37.4 Å². The number of hydrogen-bond donors (Lipinski definition) is 1. The van der Waals surface area contributed by atoms with E-state index in [1.807, 2.05) is 0 Å². The van der Waals surface area contributed by atoms with Gasteiger partial charge in [0.2, 0.25) is 0 Å². The number of benzene rings is 1. The molecule has 0 atom stereocenters. The van der Waals surface area contributed by atoms with Gasteiger partial charge in [-0.2, -0.15) is 0 Å². The molecule has 152 valence electrons. The second-order valence-electron chi connectivity index (χ2n) is 6.19. The third-order valence-corrected chi connectivity index (χ3v) is 5.77. The summed E-state index contributed by atoms with van der Waals surface area (Å²) in [4.78, 5) is 24.0. The monoisotopic (exact) mass is 417 g/mol. The van der Waals surface area contributed by atoms with Crippen LogP contribution in [0.2, 0.25) is 0 Å². The third kappa shape index (κ3) is 4.75. The number of carbonyl (C=O) groups excluding carboxylic acids is 2. The van der Waals surface area contributed by atoms with Crippen LogP contribution >= 0.6 is 0 Å². The lowest BCUT2D eigenvalue weighted by Crippen LogP contribution is -2.22. The average Bonchev–Trinajstić information content (AvgIpc) is 3.32. The van der Waals surface area contributed by atoms with Gasteiger partial charge < -0.3 is 18.9 Å². The zero-order valence-electron chi connectivity index (χ0n) is 15.8. The van der Waals surface area contributed by atoms with Gasteiger partial charge in [-0.05, 0) is 37.3 Å². The molecule has 0 spiro atoms. The summed E-state index contributed by atoms with van der Waals surface area (Å²) in [6, 6.07) is 12.3. The molecule has 1 N–H and O–H groups in total. The fraction of sp³-hybridized carbons (Fsp3) is 0.200. The number of sulfone groups is 1. The van der Waals surface area contributed by atoms with Crippen LogP contribution in [0, 0.1) is 6.92 Å². The van der Waals surface area contributed by atoms with E-state index in [0.29, 0.717) is 11.5 Å². The highest BCUT2D eigenvalue weighted by molar-refractivity contribution is 7.90. The van der Waals surface area contributed by atoms with Crippen molar-refractivity contribution in [1.82, 2.24) is 5.32 Å². The quantitative estimate of drug-likeness (QED) is 0.588. The molecule has 2 heterocycles. The summed E-state index contributed by atoms with van der Waals surface area (Å²) in [6.07, 6.45) is 0. The number of methoxy groups -OCH3 is 1. The van der Waals surface area contributed by atoms with Crippen LogP contribution in [0.3, 0.4) is 0 Å². The molecule has 2 aromatic heterocycles. The van der Waals surface area contributed by atoms with E-state index in [4.69, 9.17) is 8.83 Å². The number of hydrogen-bond acceptors (Lipinski definition) is 7. The van der Waals surface area contributed by atoms with E-state index in [1.54, 1.807) is 25.1 Å².